The van der Waals surface area contributed by atoms with Crippen LogP contribution in [0.15, 0.2) is 53.5 Å². The molecule has 1 aliphatic rings. The van der Waals surface area contributed by atoms with Gasteiger partial charge in [-0.3, -0.25) is 0 Å². The van der Waals surface area contributed by atoms with Gasteiger partial charge >= 0.3 is 17.8 Å². The minimum atomic E-state index is -5.08. The van der Waals surface area contributed by atoms with Gasteiger partial charge in [0.15, 0.2) is 5.82 Å². The number of nitrogens with two attached hydrogens (primary N) is 1. The zero-order valence-corrected chi connectivity index (χ0v) is 20.7. The summed E-state index contributed by atoms with van der Waals surface area (Å²) < 4.78 is 51.7. The third-order valence-corrected chi connectivity index (χ3v) is 6.96. The maximum atomic E-state index is 14.1. The topological polar surface area (TPSA) is 124 Å². The molecule has 6 rings (SSSR count). The fourth-order valence-electron chi connectivity index (χ4n) is 5.17. The third-order valence-electron chi connectivity index (χ3n) is 6.96. The van der Waals surface area contributed by atoms with Crippen molar-refractivity contribution < 1.29 is 27.5 Å². The van der Waals surface area contributed by atoms with Crippen molar-refractivity contribution in [2.24, 2.45) is 18.7 Å². The lowest BCUT2D eigenvalue weighted by Gasteiger charge is -2.24. The number of para-hydroxylation sites is 1. The Morgan fingerprint density at radius 2 is 1.90 bits per heavy atom. The summed E-state index contributed by atoms with van der Waals surface area (Å²) in [7, 11) is 1.90. The van der Waals surface area contributed by atoms with Crippen LogP contribution in [0, 0.1) is 11.7 Å². The molecule has 5 aromatic rings. The number of nitrogens with zero attached hydrogens (tertiary/aromatic N) is 4. The number of fused-ring (bicyclic) bond motifs is 4. The molecule has 1 unspecified atom stereocenters. The number of hydrogen-bond acceptors (Lipinski definition) is 4. The van der Waals surface area contributed by atoms with E-state index in [1.54, 1.807) is 10.6 Å². The molecule has 0 bridgehead atoms. The van der Waals surface area contributed by atoms with Crippen LogP contribution in [0.3, 0.4) is 0 Å². The van der Waals surface area contributed by atoms with Gasteiger partial charge in [-0.1, -0.05) is 18.2 Å². The molecule has 3 aromatic heterocycles. The molecule has 4 N–H and O–H groups in total. The smallest absolute Gasteiger partial charge is 0.475 e. The Bertz CT molecular complexity index is 1760. The summed E-state index contributed by atoms with van der Waals surface area (Å²) in [6.07, 6.45) is -1.39. The Balaban J connectivity index is 0.000000392. The van der Waals surface area contributed by atoms with Gasteiger partial charge in [-0.05, 0) is 49.6 Å². The average Bonchev–Trinajstić information content (AvgIpc) is 3.53. The number of benzene rings is 2. The van der Waals surface area contributed by atoms with Crippen LogP contribution in [0.25, 0.3) is 38.9 Å². The molecule has 9 nitrogen and oxygen atoms in total. The Morgan fingerprint density at radius 3 is 2.59 bits per heavy atom. The van der Waals surface area contributed by atoms with Gasteiger partial charge < -0.3 is 20.0 Å². The minimum Gasteiger partial charge on any atom is -0.475 e. The van der Waals surface area contributed by atoms with Crippen molar-refractivity contribution in [3.8, 4) is 17.1 Å². The van der Waals surface area contributed by atoms with Gasteiger partial charge in [-0.15, -0.1) is 0 Å². The van der Waals surface area contributed by atoms with Crippen LogP contribution in [-0.2, 0) is 24.8 Å². The number of aromatic nitrogens is 5. The molecule has 0 radical (unpaired) electrons. The van der Waals surface area contributed by atoms with Crippen molar-refractivity contribution in [2.45, 2.75) is 25.6 Å². The fourth-order valence-corrected chi connectivity index (χ4v) is 5.17. The summed E-state index contributed by atoms with van der Waals surface area (Å²) in [6.45, 7) is 1.47. The fraction of sp³-hybridized carbons (Fsp3) is 0.269. The number of aryl methyl sites for hydroxylation is 2. The van der Waals surface area contributed by atoms with E-state index >= 15 is 0 Å². The van der Waals surface area contributed by atoms with E-state index in [1.807, 2.05) is 36.0 Å². The van der Waals surface area contributed by atoms with Gasteiger partial charge in [0, 0.05) is 47.3 Å². The molecule has 0 fully saturated rings. The van der Waals surface area contributed by atoms with Gasteiger partial charge in [-0.25, -0.2) is 23.6 Å². The number of nitrogens with one attached hydrogen (secondary N) is 1. The second-order valence-electron chi connectivity index (χ2n) is 9.36. The quantitative estimate of drug-likeness (QED) is 0.297. The standard InChI is InChI=1S/C24H23FN6O.C2HF3O2/c1-29-13-18(17-11-15(25)6-7-19(17)29)23-27-28-24(32)31(23)22-16-4-2-3-5-20(16)30-9-8-14(12-26)10-21(22)30;3-2(4,5)1(6)7/h2-7,11,13-14H,8-10,12,26H2,1H3,(H,28,32);(H,6,7). The molecule has 4 heterocycles. The van der Waals surface area contributed by atoms with Crippen LogP contribution in [0.2, 0.25) is 0 Å². The normalized spacial score (nSPS) is 15.3. The molecule has 0 aliphatic carbocycles. The number of carboxylic acid groups (broad SMARTS) is 1. The third kappa shape index (κ3) is 4.58. The number of carbonyl (C=O) groups is 1. The van der Waals surface area contributed by atoms with Gasteiger partial charge in [0.05, 0.1) is 11.2 Å². The maximum Gasteiger partial charge on any atom is 0.490 e. The number of rotatable bonds is 3. The first-order chi connectivity index (χ1) is 18.5. The Morgan fingerprint density at radius 1 is 1.18 bits per heavy atom. The van der Waals surface area contributed by atoms with Crippen molar-refractivity contribution in [3.63, 3.8) is 0 Å². The van der Waals surface area contributed by atoms with Crippen molar-refractivity contribution in [2.75, 3.05) is 6.54 Å². The highest BCUT2D eigenvalue weighted by atomic mass is 19.4. The molecule has 1 atom stereocenters. The summed E-state index contributed by atoms with van der Waals surface area (Å²) in [5.41, 5.74) is 10.3. The molecule has 0 spiro atoms. The second kappa shape index (κ2) is 9.73. The molecule has 204 valence electrons. The number of halogens is 4. The van der Waals surface area contributed by atoms with E-state index in [9.17, 15) is 22.4 Å². The molecule has 0 saturated carbocycles. The lowest BCUT2D eigenvalue weighted by atomic mass is 9.95. The second-order valence-corrected chi connectivity index (χ2v) is 9.36. The zero-order chi connectivity index (χ0) is 28.1. The summed E-state index contributed by atoms with van der Waals surface area (Å²) >= 11 is 0. The Labute approximate surface area is 218 Å². The first-order valence-electron chi connectivity index (χ1n) is 12.0. The molecule has 2 aromatic carbocycles. The van der Waals surface area contributed by atoms with E-state index in [1.165, 1.54) is 12.1 Å². The number of alkyl halides is 3. The van der Waals surface area contributed by atoms with Crippen molar-refractivity contribution in [1.82, 2.24) is 23.9 Å². The average molecular weight is 545 g/mol. The molecule has 39 heavy (non-hydrogen) atoms. The summed E-state index contributed by atoms with van der Waals surface area (Å²) in [4.78, 5) is 22.0. The zero-order valence-electron chi connectivity index (χ0n) is 20.7. The number of carboxylic acids is 1. The van der Waals surface area contributed by atoms with Gasteiger partial charge in [-0.2, -0.15) is 18.3 Å². The highest BCUT2D eigenvalue weighted by molar-refractivity contribution is 5.96. The predicted molar refractivity (Wildman–Crippen MR) is 136 cm³/mol. The lowest BCUT2D eigenvalue weighted by Crippen LogP contribution is -2.27. The maximum absolute atomic E-state index is 14.1. The Hall–Kier alpha value is -4.39. The van der Waals surface area contributed by atoms with Crippen LogP contribution in [-0.4, -0.2) is 47.7 Å². The highest BCUT2D eigenvalue weighted by Crippen LogP contribution is 2.37. The van der Waals surface area contributed by atoms with Crippen LogP contribution >= 0.6 is 0 Å². The lowest BCUT2D eigenvalue weighted by molar-refractivity contribution is -0.192. The molecule has 1 aliphatic heterocycles. The van der Waals surface area contributed by atoms with E-state index in [0.29, 0.717) is 29.2 Å². The van der Waals surface area contributed by atoms with Crippen LogP contribution in [0.1, 0.15) is 12.1 Å². The Kier molecular flexibility index (Phi) is 6.54. The highest BCUT2D eigenvalue weighted by Gasteiger charge is 2.38. The number of hydrogen-bond donors (Lipinski definition) is 3. The number of H-pyrrole nitrogens is 1. The van der Waals surface area contributed by atoms with E-state index in [0.717, 1.165) is 47.2 Å². The summed E-state index contributed by atoms with van der Waals surface area (Å²) in [6, 6.07) is 12.8. The number of aromatic amines is 1. The predicted octanol–water partition coefficient (Wildman–Crippen LogP) is 3.97. The van der Waals surface area contributed by atoms with Gasteiger partial charge in [0.2, 0.25) is 0 Å². The van der Waals surface area contributed by atoms with Gasteiger partial charge in [0.25, 0.3) is 0 Å². The first kappa shape index (κ1) is 26.2. The monoisotopic (exact) mass is 544 g/mol. The molecule has 0 saturated heterocycles. The van der Waals surface area contributed by atoms with Crippen LogP contribution in [0.4, 0.5) is 17.6 Å². The summed E-state index contributed by atoms with van der Waals surface area (Å²) in [5, 5.41) is 15.9. The van der Waals surface area contributed by atoms with Crippen molar-refractivity contribution in [1.29, 1.82) is 0 Å². The largest absolute Gasteiger partial charge is 0.490 e. The van der Waals surface area contributed by atoms with Crippen molar-refractivity contribution >= 4 is 27.8 Å². The summed E-state index contributed by atoms with van der Waals surface area (Å²) in [5.74, 6) is -2.25. The van der Waals surface area contributed by atoms with E-state index < -0.39 is 12.1 Å². The molecular formula is C26H24F4N6O3. The van der Waals surface area contributed by atoms with Crippen LogP contribution in [0.5, 0.6) is 0 Å². The SMILES string of the molecule is Cn1cc(-c2n[nH]c(=O)n2-c2c3n(c4ccccc24)CCC(CN)C3)c2cc(F)ccc21.O=C(O)C(F)(F)F. The van der Waals surface area contributed by atoms with E-state index in [2.05, 4.69) is 20.8 Å². The van der Waals surface area contributed by atoms with Crippen LogP contribution < -0.4 is 11.4 Å². The van der Waals surface area contributed by atoms with E-state index in [4.69, 9.17) is 15.6 Å². The number of aliphatic carboxylic acids is 1. The molecule has 0 amide bonds. The molecule has 13 heteroatoms. The first-order valence-corrected chi connectivity index (χ1v) is 12.0. The minimum absolute atomic E-state index is 0.317. The van der Waals surface area contributed by atoms with Crippen molar-refractivity contribution in [3.05, 3.63) is 70.7 Å². The van der Waals surface area contributed by atoms with Gasteiger partial charge in [0.1, 0.15) is 5.82 Å². The molecular weight excluding hydrogens is 520 g/mol. The van der Waals surface area contributed by atoms with E-state index in [-0.39, 0.29) is 11.5 Å².